The normalized spacial score (nSPS) is 37.5. The number of rotatable bonds is 5. The van der Waals surface area contributed by atoms with Gasteiger partial charge in [-0.3, -0.25) is 4.79 Å². The molecular weight excluding hydrogens is 191 g/mol. The lowest BCUT2D eigenvalue weighted by molar-refractivity contribution is -0.132. The Bertz CT molecular complexity index is 284. The number of unbranched alkanes of at least 4 members (excludes halogenated alkanes) is 2. The summed E-state index contributed by atoms with van der Waals surface area (Å²) in [7, 11) is 0. The molecule has 2 aliphatic carbocycles. The average Bonchev–Trinajstić information content (AvgIpc) is 2.78. The molecule has 84 valence electrons. The first-order valence-corrected chi connectivity index (χ1v) is 6.07. The third kappa shape index (κ3) is 1.86. The maximum absolute atomic E-state index is 14.4. The number of carbonyl (C=O) groups is 1. The Balaban J connectivity index is 1.92. The number of fused-ring (bicyclic) bond motifs is 2. The Morgan fingerprint density at radius 1 is 1.47 bits per heavy atom. The monoisotopic (exact) mass is 210 g/mol. The minimum atomic E-state index is -1.51. The van der Waals surface area contributed by atoms with Crippen molar-refractivity contribution in [1.29, 1.82) is 0 Å². The van der Waals surface area contributed by atoms with Crippen LogP contribution in [0, 0.1) is 11.8 Å². The summed E-state index contributed by atoms with van der Waals surface area (Å²) in [6.07, 6.45) is 8.68. The SMILES string of the molecule is CCCCCC(=O)[C@@]1(F)C[C@@H]2C=C[C@H]1C2. The van der Waals surface area contributed by atoms with Gasteiger partial charge in [-0.1, -0.05) is 31.9 Å². The molecule has 0 heterocycles. The van der Waals surface area contributed by atoms with E-state index in [0.717, 1.165) is 25.7 Å². The number of halogens is 1. The zero-order chi connectivity index (χ0) is 10.9. The van der Waals surface area contributed by atoms with Crippen molar-refractivity contribution < 1.29 is 9.18 Å². The zero-order valence-electron chi connectivity index (χ0n) is 9.34. The van der Waals surface area contributed by atoms with Crippen molar-refractivity contribution >= 4 is 5.78 Å². The predicted molar refractivity (Wildman–Crippen MR) is 58.3 cm³/mol. The Kier molecular flexibility index (Phi) is 2.94. The summed E-state index contributed by atoms with van der Waals surface area (Å²) >= 11 is 0. The minimum absolute atomic E-state index is 0.114. The van der Waals surface area contributed by atoms with Crippen molar-refractivity contribution in [2.24, 2.45) is 11.8 Å². The standard InChI is InChI=1S/C13H19FO/c1-2-3-4-5-12(15)13(14)9-10-6-7-11(13)8-10/h6-7,10-11H,2-5,8-9H2,1H3/t10-,11+,13-/m1/s1. The molecule has 0 aliphatic heterocycles. The van der Waals surface area contributed by atoms with Crippen molar-refractivity contribution in [3.63, 3.8) is 0 Å². The van der Waals surface area contributed by atoms with Crippen LogP contribution in [-0.2, 0) is 4.79 Å². The Morgan fingerprint density at radius 3 is 2.80 bits per heavy atom. The summed E-state index contributed by atoms with van der Waals surface area (Å²) in [5.41, 5.74) is -1.51. The smallest absolute Gasteiger partial charge is 0.175 e. The van der Waals surface area contributed by atoms with E-state index in [1.165, 1.54) is 0 Å². The molecule has 2 heteroatoms. The van der Waals surface area contributed by atoms with Gasteiger partial charge in [0.05, 0.1) is 0 Å². The number of hydrogen-bond donors (Lipinski definition) is 0. The van der Waals surface area contributed by atoms with E-state index >= 15 is 0 Å². The van der Waals surface area contributed by atoms with Crippen LogP contribution in [0.4, 0.5) is 4.39 Å². The second-order valence-electron chi connectivity index (χ2n) is 4.93. The first-order valence-electron chi connectivity index (χ1n) is 6.07. The predicted octanol–water partition coefficient (Wildman–Crippen LogP) is 3.44. The maximum Gasteiger partial charge on any atom is 0.175 e. The van der Waals surface area contributed by atoms with Gasteiger partial charge in [-0.25, -0.2) is 4.39 Å². The van der Waals surface area contributed by atoms with Gasteiger partial charge in [0.25, 0.3) is 0 Å². The molecule has 2 rings (SSSR count). The molecule has 1 saturated carbocycles. The summed E-state index contributed by atoms with van der Waals surface area (Å²) in [6.45, 7) is 2.09. The highest BCUT2D eigenvalue weighted by Crippen LogP contribution is 2.49. The molecule has 0 aromatic carbocycles. The third-order valence-corrected chi connectivity index (χ3v) is 3.79. The van der Waals surface area contributed by atoms with E-state index in [-0.39, 0.29) is 11.7 Å². The first-order chi connectivity index (χ1) is 7.16. The van der Waals surface area contributed by atoms with Crippen LogP contribution in [0.1, 0.15) is 45.4 Å². The number of allylic oxidation sites excluding steroid dienone is 2. The largest absolute Gasteiger partial charge is 0.296 e. The van der Waals surface area contributed by atoms with Crippen molar-refractivity contribution in [1.82, 2.24) is 0 Å². The van der Waals surface area contributed by atoms with E-state index in [4.69, 9.17) is 0 Å². The Labute approximate surface area is 90.7 Å². The summed E-state index contributed by atoms with van der Waals surface area (Å²) in [5, 5.41) is 0. The second-order valence-corrected chi connectivity index (χ2v) is 4.93. The van der Waals surface area contributed by atoms with Gasteiger partial charge in [0.15, 0.2) is 11.5 Å². The lowest BCUT2D eigenvalue weighted by Crippen LogP contribution is -2.37. The lowest BCUT2D eigenvalue weighted by Gasteiger charge is -2.25. The molecule has 0 saturated heterocycles. The molecule has 0 amide bonds. The second kappa shape index (κ2) is 4.07. The van der Waals surface area contributed by atoms with Gasteiger partial charge in [-0.05, 0) is 25.2 Å². The van der Waals surface area contributed by atoms with E-state index in [1.807, 2.05) is 6.08 Å². The molecule has 0 unspecified atom stereocenters. The molecule has 0 radical (unpaired) electrons. The van der Waals surface area contributed by atoms with Gasteiger partial charge in [0.2, 0.25) is 0 Å². The number of carbonyl (C=O) groups excluding carboxylic acids is 1. The zero-order valence-corrected chi connectivity index (χ0v) is 9.34. The van der Waals surface area contributed by atoms with E-state index in [0.29, 0.717) is 18.8 Å². The molecule has 2 bridgehead atoms. The lowest BCUT2D eigenvalue weighted by atomic mass is 9.84. The molecule has 0 aromatic heterocycles. The maximum atomic E-state index is 14.4. The summed E-state index contributed by atoms with van der Waals surface area (Å²) < 4.78 is 14.4. The third-order valence-electron chi connectivity index (χ3n) is 3.79. The minimum Gasteiger partial charge on any atom is -0.296 e. The van der Waals surface area contributed by atoms with Gasteiger partial charge in [-0.15, -0.1) is 0 Å². The van der Waals surface area contributed by atoms with Crippen LogP contribution in [0.2, 0.25) is 0 Å². The van der Waals surface area contributed by atoms with Crippen LogP contribution in [0.5, 0.6) is 0 Å². The van der Waals surface area contributed by atoms with E-state index in [2.05, 4.69) is 13.0 Å². The molecule has 1 nitrogen and oxygen atoms in total. The Morgan fingerprint density at radius 2 is 2.27 bits per heavy atom. The molecule has 1 fully saturated rings. The summed E-state index contributed by atoms with van der Waals surface area (Å²) in [4.78, 5) is 11.8. The first kappa shape index (κ1) is 10.8. The van der Waals surface area contributed by atoms with Gasteiger partial charge >= 0.3 is 0 Å². The molecule has 15 heavy (non-hydrogen) atoms. The van der Waals surface area contributed by atoms with Crippen molar-refractivity contribution in [3.8, 4) is 0 Å². The Hall–Kier alpha value is -0.660. The van der Waals surface area contributed by atoms with E-state index < -0.39 is 5.67 Å². The van der Waals surface area contributed by atoms with Crippen LogP contribution < -0.4 is 0 Å². The van der Waals surface area contributed by atoms with Gasteiger partial charge < -0.3 is 0 Å². The molecular formula is C13H19FO. The van der Waals surface area contributed by atoms with Gasteiger partial charge in [0, 0.05) is 12.3 Å². The van der Waals surface area contributed by atoms with Crippen LogP contribution in [0.15, 0.2) is 12.2 Å². The van der Waals surface area contributed by atoms with E-state index in [9.17, 15) is 9.18 Å². The fraction of sp³-hybridized carbons (Fsp3) is 0.769. The number of alkyl halides is 1. The van der Waals surface area contributed by atoms with Crippen LogP contribution in [0.25, 0.3) is 0 Å². The highest BCUT2D eigenvalue weighted by atomic mass is 19.1. The van der Waals surface area contributed by atoms with Crippen molar-refractivity contribution in [2.45, 2.75) is 51.1 Å². The summed E-state index contributed by atoms with van der Waals surface area (Å²) in [5.74, 6) is 0.0690. The fourth-order valence-corrected chi connectivity index (χ4v) is 2.86. The number of Topliss-reactive ketones (excluding diaryl/α,β-unsaturated/α-hetero) is 1. The number of ketones is 1. The van der Waals surface area contributed by atoms with Gasteiger partial charge in [0.1, 0.15) is 0 Å². The highest BCUT2D eigenvalue weighted by molar-refractivity contribution is 5.88. The fourth-order valence-electron chi connectivity index (χ4n) is 2.86. The average molecular weight is 210 g/mol. The van der Waals surface area contributed by atoms with Crippen molar-refractivity contribution in [3.05, 3.63) is 12.2 Å². The summed E-state index contributed by atoms with van der Waals surface area (Å²) in [6, 6.07) is 0. The molecule has 3 atom stereocenters. The van der Waals surface area contributed by atoms with Crippen LogP contribution >= 0.6 is 0 Å². The molecule has 0 N–H and O–H groups in total. The molecule has 2 aliphatic rings. The van der Waals surface area contributed by atoms with Gasteiger partial charge in [-0.2, -0.15) is 0 Å². The van der Waals surface area contributed by atoms with Crippen LogP contribution in [0.3, 0.4) is 0 Å². The van der Waals surface area contributed by atoms with E-state index in [1.54, 1.807) is 0 Å². The molecule has 0 spiro atoms. The highest BCUT2D eigenvalue weighted by Gasteiger charge is 2.53. The van der Waals surface area contributed by atoms with Crippen molar-refractivity contribution in [2.75, 3.05) is 0 Å². The van der Waals surface area contributed by atoms with Crippen LogP contribution in [-0.4, -0.2) is 11.5 Å². The number of hydrogen-bond acceptors (Lipinski definition) is 1. The molecule has 0 aromatic rings. The topological polar surface area (TPSA) is 17.1 Å². The quantitative estimate of drug-likeness (QED) is 0.502.